The molecule has 0 radical (unpaired) electrons. The maximum atomic E-state index is 12.9. The third-order valence-electron chi connectivity index (χ3n) is 1.83. The lowest BCUT2D eigenvalue weighted by molar-refractivity contribution is 0.0698. The summed E-state index contributed by atoms with van der Waals surface area (Å²) in [6.45, 7) is 0.857. The van der Waals surface area contributed by atoms with Gasteiger partial charge in [0.15, 0.2) is 0 Å². The van der Waals surface area contributed by atoms with Crippen molar-refractivity contribution in [1.82, 2.24) is 0 Å². The number of ether oxygens (including phenoxy) is 1. The summed E-state index contributed by atoms with van der Waals surface area (Å²) in [4.78, 5) is 10.8. The van der Waals surface area contributed by atoms with Crippen LogP contribution >= 0.6 is 0 Å². The van der Waals surface area contributed by atoms with E-state index < -0.39 is 11.8 Å². The van der Waals surface area contributed by atoms with Gasteiger partial charge in [0.2, 0.25) is 0 Å². The predicted octanol–water partition coefficient (Wildman–Crippen LogP) is 1.58. The Bertz CT molecular complexity index is 355. The quantitative estimate of drug-likeness (QED) is 0.729. The van der Waals surface area contributed by atoms with Gasteiger partial charge in [-0.25, -0.2) is 9.18 Å². The molecule has 4 nitrogen and oxygen atoms in total. The zero-order chi connectivity index (χ0) is 11.3. The second kappa shape index (κ2) is 5.31. The van der Waals surface area contributed by atoms with Gasteiger partial charge in [-0.15, -0.1) is 0 Å². The molecule has 0 saturated heterocycles. The number of carboxylic acid groups (broad SMARTS) is 1. The fraction of sp³-hybridized carbons (Fsp3) is 0.300. The Morgan fingerprint density at radius 3 is 2.93 bits per heavy atom. The number of halogens is 1. The van der Waals surface area contributed by atoms with Crippen LogP contribution in [0.3, 0.4) is 0 Å². The van der Waals surface area contributed by atoms with Crippen LogP contribution in [0.4, 0.5) is 10.1 Å². The van der Waals surface area contributed by atoms with Crippen molar-refractivity contribution in [3.63, 3.8) is 0 Å². The molecule has 15 heavy (non-hydrogen) atoms. The number of rotatable bonds is 5. The van der Waals surface area contributed by atoms with E-state index in [9.17, 15) is 9.18 Å². The van der Waals surface area contributed by atoms with Crippen LogP contribution in [-0.2, 0) is 4.74 Å². The molecule has 2 N–H and O–H groups in total. The van der Waals surface area contributed by atoms with Crippen LogP contribution in [0.1, 0.15) is 10.4 Å². The first-order valence-electron chi connectivity index (χ1n) is 4.41. The standard InChI is InChI=1S/C10H12FNO3/c1-15-5-4-12-9-6-7(11)2-3-8(9)10(13)14/h2-3,6,12H,4-5H2,1H3,(H,13,14). The summed E-state index contributed by atoms with van der Waals surface area (Å²) < 4.78 is 17.6. The number of aromatic carboxylic acids is 1. The van der Waals surface area contributed by atoms with Crippen LogP contribution in [0.5, 0.6) is 0 Å². The summed E-state index contributed by atoms with van der Waals surface area (Å²) in [7, 11) is 1.53. The highest BCUT2D eigenvalue weighted by Gasteiger charge is 2.10. The van der Waals surface area contributed by atoms with Crippen LogP contribution in [0.25, 0.3) is 0 Å². The van der Waals surface area contributed by atoms with Crippen molar-refractivity contribution in [1.29, 1.82) is 0 Å². The van der Waals surface area contributed by atoms with Crippen LogP contribution in [0.15, 0.2) is 18.2 Å². The number of nitrogens with one attached hydrogen (secondary N) is 1. The zero-order valence-corrected chi connectivity index (χ0v) is 8.29. The normalized spacial score (nSPS) is 10.0. The molecule has 0 bridgehead atoms. The minimum Gasteiger partial charge on any atom is -0.478 e. The Kier molecular flexibility index (Phi) is 4.05. The van der Waals surface area contributed by atoms with Crippen LogP contribution in [0.2, 0.25) is 0 Å². The largest absolute Gasteiger partial charge is 0.478 e. The van der Waals surface area contributed by atoms with Crippen molar-refractivity contribution >= 4 is 11.7 Å². The third-order valence-corrected chi connectivity index (χ3v) is 1.83. The summed E-state index contributed by atoms with van der Waals surface area (Å²) >= 11 is 0. The second-order valence-corrected chi connectivity index (χ2v) is 2.91. The van der Waals surface area contributed by atoms with Crippen molar-refractivity contribution in [3.8, 4) is 0 Å². The highest BCUT2D eigenvalue weighted by molar-refractivity contribution is 5.94. The van der Waals surface area contributed by atoms with E-state index in [0.717, 1.165) is 12.1 Å². The first kappa shape index (κ1) is 11.5. The molecule has 0 aliphatic heterocycles. The first-order chi connectivity index (χ1) is 7.15. The van der Waals surface area contributed by atoms with E-state index in [-0.39, 0.29) is 11.3 Å². The maximum absolute atomic E-state index is 12.9. The van der Waals surface area contributed by atoms with E-state index in [4.69, 9.17) is 9.84 Å². The van der Waals surface area contributed by atoms with E-state index in [1.807, 2.05) is 0 Å². The van der Waals surface area contributed by atoms with Crippen molar-refractivity contribution in [2.24, 2.45) is 0 Å². The smallest absolute Gasteiger partial charge is 0.337 e. The van der Waals surface area contributed by atoms with Gasteiger partial charge in [0, 0.05) is 13.7 Å². The average Bonchev–Trinajstić information content (AvgIpc) is 2.18. The molecule has 0 fully saturated rings. The topological polar surface area (TPSA) is 58.6 Å². The highest BCUT2D eigenvalue weighted by atomic mass is 19.1. The van der Waals surface area contributed by atoms with E-state index in [1.165, 1.54) is 13.2 Å². The van der Waals surface area contributed by atoms with Gasteiger partial charge < -0.3 is 15.2 Å². The molecule has 0 heterocycles. The van der Waals surface area contributed by atoms with Crippen LogP contribution in [-0.4, -0.2) is 31.3 Å². The van der Waals surface area contributed by atoms with Gasteiger partial charge in [-0.3, -0.25) is 0 Å². The molecule has 0 spiro atoms. The molecule has 0 saturated carbocycles. The molecule has 82 valence electrons. The average molecular weight is 213 g/mol. The molecular weight excluding hydrogens is 201 g/mol. The Hall–Kier alpha value is -1.62. The van der Waals surface area contributed by atoms with E-state index in [1.54, 1.807) is 0 Å². The van der Waals surface area contributed by atoms with Crippen molar-refractivity contribution in [2.75, 3.05) is 25.6 Å². The summed E-state index contributed by atoms with van der Waals surface area (Å²) in [5, 5.41) is 11.6. The molecule has 0 aliphatic rings. The molecule has 0 aromatic heterocycles. The number of anilines is 1. The molecule has 1 aromatic carbocycles. The minimum absolute atomic E-state index is 0.0486. The molecule has 0 atom stereocenters. The Labute approximate surface area is 86.7 Å². The minimum atomic E-state index is -1.09. The Balaban J connectivity index is 2.82. The second-order valence-electron chi connectivity index (χ2n) is 2.91. The molecule has 5 heteroatoms. The lowest BCUT2D eigenvalue weighted by atomic mass is 10.1. The summed E-state index contributed by atoms with van der Waals surface area (Å²) in [5.41, 5.74) is 0.312. The number of hydrogen-bond donors (Lipinski definition) is 2. The molecule has 1 rings (SSSR count). The van der Waals surface area contributed by atoms with Gasteiger partial charge >= 0.3 is 5.97 Å². The van der Waals surface area contributed by atoms with Gasteiger partial charge in [0.05, 0.1) is 17.9 Å². The lowest BCUT2D eigenvalue weighted by Gasteiger charge is -2.08. The number of methoxy groups -OCH3 is 1. The lowest BCUT2D eigenvalue weighted by Crippen LogP contribution is -2.11. The van der Waals surface area contributed by atoms with Crippen LogP contribution in [0, 0.1) is 5.82 Å². The predicted molar refractivity (Wildman–Crippen MR) is 53.7 cm³/mol. The molecule has 1 aromatic rings. The van der Waals surface area contributed by atoms with E-state index >= 15 is 0 Å². The molecular formula is C10H12FNO3. The Morgan fingerprint density at radius 1 is 1.60 bits per heavy atom. The summed E-state index contributed by atoms with van der Waals surface area (Å²) in [6.07, 6.45) is 0. The SMILES string of the molecule is COCCNc1cc(F)ccc1C(=O)O. The highest BCUT2D eigenvalue weighted by Crippen LogP contribution is 2.16. The van der Waals surface area contributed by atoms with Crippen molar-refractivity contribution < 1.29 is 19.0 Å². The maximum Gasteiger partial charge on any atom is 0.337 e. The van der Waals surface area contributed by atoms with E-state index in [2.05, 4.69) is 5.32 Å². The van der Waals surface area contributed by atoms with Gasteiger partial charge in [0.25, 0.3) is 0 Å². The third kappa shape index (κ3) is 3.21. The van der Waals surface area contributed by atoms with Gasteiger partial charge in [-0.1, -0.05) is 0 Å². The number of hydrogen-bond acceptors (Lipinski definition) is 3. The zero-order valence-electron chi connectivity index (χ0n) is 8.29. The summed E-state index contributed by atoms with van der Waals surface area (Å²) in [5.74, 6) is -1.56. The fourth-order valence-electron chi connectivity index (χ4n) is 1.14. The van der Waals surface area contributed by atoms with E-state index in [0.29, 0.717) is 13.2 Å². The fourth-order valence-corrected chi connectivity index (χ4v) is 1.14. The number of carboxylic acids is 1. The molecule has 0 aliphatic carbocycles. The molecule has 0 amide bonds. The Morgan fingerprint density at radius 2 is 2.33 bits per heavy atom. The molecule has 0 unspecified atom stereocenters. The van der Waals surface area contributed by atoms with Gasteiger partial charge in [-0.05, 0) is 18.2 Å². The van der Waals surface area contributed by atoms with Gasteiger partial charge in [0.1, 0.15) is 5.82 Å². The van der Waals surface area contributed by atoms with Gasteiger partial charge in [-0.2, -0.15) is 0 Å². The van der Waals surface area contributed by atoms with Crippen molar-refractivity contribution in [2.45, 2.75) is 0 Å². The summed E-state index contributed by atoms with van der Waals surface area (Å²) in [6, 6.07) is 3.50. The van der Waals surface area contributed by atoms with Crippen LogP contribution < -0.4 is 5.32 Å². The number of carbonyl (C=O) groups is 1. The monoisotopic (exact) mass is 213 g/mol. The number of benzene rings is 1. The van der Waals surface area contributed by atoms with Crippen molar-refractivity contribution in [3.05, 3.63) is 29.6 Å². The first-order valence-corrected chi connectivity index (χ1v) is 4.41.